The summed E-state index contributed by atoms with van der Waals surface area (Å²) < 4.78 is 0. The fraction of sp³-hybridized carbons (Fsp3) is 0.645. The standard InChI is InChI=1S/C31H44N2O3/c1-19(7-12-28(36)31(14-15-31)29-32-18-20(2)33-29)25-10-11-26-22(6-5-13-30(25,26)4)8-9-23-16-24(34)17-27(35)21(23)3/h7-9,12,18-19,24-28,34-36H,3,5-6,10-11,13-17H2,1-2,4H3,(H,32,33)/b12-7+,22-8+,23-9-/t19-,24-,25-,26+,27+,28+,30-/m1/s1. The van der Waals surface area contributed by atoms with Gasteiger partial charge in [0.1, 0.15) is 5.82 Å². The highest BCUT2D eigenvalue weighted by Gasteiger charge is 2.53. The molecule has 4 aliphatic carbocycles. The normalized spacial score (nSPS) is 38.0. The van der Waals surface area contributed by atoms with Gasteiger partial charge in [-0.3, -0.25) is 0 Å². The SMILES string of the molecule is C=C1/C(=C\C=C2/CCC[C@]3(C)[C@@H]([C@H](C)/C=C/[C@H](O)C4(c5ncc(C)[nH]5)CC4)CC[C@@H]23)C[C@@H](O)C[C@@H]1O. The van der Waals surface area contributed by atoms with Crippen LogP contribution in [-0.4, -0.2) is 43.6 Å². The molecule has 0 amide bonds. The fourth-order valence-electron chi connectivity index (χ4n) is 7.68. The highest BCUT2D eigenvalue weighted by atomic mass is 16.3. The smallest absolute Gasteiger partial charge is 0.115 e. The van der Waals surface area contributed by atoms with Crippen LogP contribution in [0.5, 0.6) is 0 Å². The van der Waals surface area contributed by atoms with Gasteiger partial charge in [0.2, 0.25) is 0 Å². The number of hydrogen-bond acceptors (Lipinski definition) is 4. The molecule has 7 atom stereocenters. The Balaban J connectivity index is 1.29. The van der Waals surface area contributed by atoms with Gasteiger partial charge in [0.15, 0.2) is 0 Å². The molecule has 1 aromatic rings. The van der Waals surface area contributed by atoms with Gasteiger partial charge >= 0.3 is 0 Å². The number of aliphatic hydroxyl groups is 3. The van der Waals surface area contributed by atoms with Crippen molar-refractivity contribution in [3.8, 4) is 0 Å². The molecule has 0 aliphatic heterocycles. The average molecular weight is 493 g/mol. The summed E-state index contributed by atoms with van der Waals surface area (Å²) >= 11 is 0. The van der Waals surface area contributed by atoms with Gasteiger partial charge in [-0.15, -0.1) is 0 Å². The van der Waals surface area contributed by atoms with E-state index in [-0.39, 0.29) is 10.8 Å². The molecule has 1 heterocycles. The first-order valence-corrected chi connectivity index (χ1v) is 14.0. The van der Waals surface area contributed by atoms with Crippen molar-refractivity contribution in [3.63, 3.8) is 0 Å². The number of aliphatic hydroxyl groups excluding tert-OH is 3. The summed E-state index contributed by atoms with van der Waals surface area (Å²) in [5, 5.41) is 31.4. The fourth-order valence-corrected chi connectivity index (χ4v) is 7.68. The van der Waals surface area contributed by atoms with Crippen LogP contribution in [0.25, 0.3) is 0 Å². The molecule has 5 heteroatoms. The minimum Gasteiger partial charge on any atom is -0.393 e. The predicted molar refractivity (Wildman–Crippen MR) is 143 cm³/mol. The molecule has 0 radical (unpaired) electrons. The number of aromatic amines is 1. The Hall–Kier alpha value is -1.95. The molecule has 0 saturated heterocycles. The predicted octanol–water partition coefficient (Wildman–Crippen LogP) is 5.44. The Morgan fingerprint density at radius 2 is 1.94 bits per heavy atom. The Bertz CT molecular complexity index is 1080. The Kier molecular flexibility index (Phi) is 6.95. The summed E-state index contributed by atoms with van der Waals surface area (Å²) in [4.78, 5) is 7.86. The van der Waals surface area contributed by atoms with Gasteiger partial charge in [0, 0.05) is 18.3 Å². The third kappa shape index (κ3) is 4.59. The van der Waals surface area contributed by atoms with Crippen LogP contribution < -0.4 is 0 Å². The Labute approximate surface area is 216 Å². The minimum absolute atomic E-state index is 0.231. The van der Waals surface area contributed by atoms with Crippen molar-refractivity contribution in [2.24, 2.45) is 23.2 Å². The number of imidazole rings is 1. The van der Waals surface area contributed by atoms with E-state index in [1.54, 1.807) is 0 Å². The molecule has 1 aromatic heterocycles. The monoisotopic (exact) mass is 492 g/mol. The third-order valence-electron chi connectivity index (χ3n) is 10.1. The number of allylic oxidation sites excluding steroid dienone is 4. The molecular formula is C31H44N2O3. The number of rotatable bonds is 6. The van der Waals surface area contributed by atoms with Gasteiger partial charge in [0.25, 0.3) is 0 Å². The van der Waals surface area contributed by atoms with Gasteiger partial charge in [-0.1, -0.05) is 50.3 Å². The second kappa shape index (κ2) is 9.74. The summed E-state index contributed by atoms with van der Waals surface area (Å²) in [6, 6.07) is 0. The number of aryl methyl sites for hydroxylation is 1. The maximum absolute atomic E-state index is 11.1. The largest absolute Gasteiger partial charge is 0.393 e. The van der Waals surface area contributed by atoms with Crippen molar-refractivity contribution >= 4 is 0 Å². The lowest BCUT2D eigenvalue weighted by molar-refractivity contribution is 0.0862. The summed E-state index contributed by atoms with van der Waals surface area (Å²) in [5.41, 5.74) is 4.34. The quantitative estimate of drug-likeness (QED) is 0.398. The summed E-state index contributed by atoms with van der Waals surface area (Å²) in [7, 11) is 0. The van der Waals surface area contributed by atoms with Crippen LogP contribution in [0.15, 0.2) is 53.8 Å². The van der Waals surface area contributed by atoms with Crippen LogP contribution in [-0.2, 0) is 5.41 Å². The van der Waals surface area contributed by atoms with Crippen LogP contribution in [0.1, 0.15) is 83.2 Å². The third-order valence-corrected chi connectivity index (χ3v) is 10.1. The van der Waals surface area contributed by atoms with E-state index in [0.29, 0.717) is 30.6 Å². The van der Waals surface area contributed by atoms with Crippen LogP contribution in [0.4, 0.5) is 0 Å². The average Bonchev–Trinajstić information content (AvgIpc) is 3.41. The topological polar surface area (TPSA) is 89.4 Å². The van der Waals surface area contributed by atoms with Crippen LogP contribution >= 0.6 is 0 Å². The minimum atomic E-state index is -0.638. The van der Waals surface area contributed by atoms with Gasteiger partial charge < -0.3 is 20.3 Å². The van der Waals surface area contributed by atoms with Gasteiger partial charge in [0.05, 0.1) is 23.7 Å². The highest BCUT2D eigenvalue weighted by molar-refractivity contribution is 5.38. The summed E-state index contributed by atoms with van der Waals surface area (Å²) in [6.07, 6.45) is 17.9. The molecule has 196 valence electrons. The Morgan fingerprint density at radius 1 is 1.17 bits per heavy atom. The molecule has 4 saturated carbocycles. The first kappa shape index (κ1) is 25.7. The lowest BCUT2D eigenvalue weighted by atomic mass is 9.61. The maximum Gasteiger partial charge on any atom is 0.115 e. The zero-order valence-corrected chi connectivity index (χ0v) is 22.2. The molecule has 4 aliphatic rings. The van der Waals surface area contributed by atoms with Crippen molar-refractivity contribution in [1.29, 1.82) is 0 Å². The van der Waals surface area contributed by atoms with Gasteiger partial charge in [-0.2, -0.15) is 0 Å². The summed E-state index contributed by atoms with van der Waals surface area (Å²) in [6.45, 7) is 10.9. The first-order chi connectivity index (χ1) is 17.1. The lowest BCUT2D eigenvalue weighted by Crippen LogP contribution is -2.35. The number of nitrogens with zero attached hydrogens (tertiary/aromatic N) is 1. The van der Waals surface area contributed by atoms with Crippen LogP contribution in [0.2, 0.25) is 0 Å². The summed E-state index contributed by atoms with van der Waals surface area (Å²) in [5.74, 6) is 2.50. The molecule has 5 nitrogen and oxygen atoms in total. The number of H-pyrrole nitrogens is 1. The second-order valence-corrected chi connectivity index (χ2v) is 12.4. The molecule has 0 unspecified atom stereocenters. The van der Waals surface area contributed by atoms with E-state index in [9.17, 15) is 15.3 Å². The van der Waals surface area contributed by atoms with Crippen molar-refractivity contribution in [2.45, 2.75) is 102 Å². The lowest BCUT2D eigenvalue weighted by Gasteiger charge is -2.44. The molecule has 0 bridgehead atoms. The van der Waals surface area contributed by atoms with E-state index < -0.39 is 18.3 Å². The molecule has 0 spiro atoms. The van der Waals surface area contributed by atoms with Crippen molar-refractivity contribution < 1.29 is 15.3 Å². The van der Waals surface area contributed by atoms with E-state index in [4.69, 9.17) is 0 Å². The molecule has 0 aromatic carbocycles. The number of hydrogen-bond donors (Lipinski definition) is 4. The zero-order valence-electron chi connectivity index (χ0n) is 22.2. The van der Waals surface area contributed by atoms with Crippen molar-refractivity contribution in [2.75, 3.05) is 0 Å². The highest BCUT2D eigenvalue weighted by Crippen LogP contribution is 2.59. The molecule has 5 rings (SSSR count). The maximum atomic E-state index is 11.1. The molecule has 4 fully saturated rings. The van der Waals surface area contributed by atoms with Crippen LogP contribution in [0, 0.1) is 30.1 Å². The van der Waals surface area contributed by atoms with Crippen molar-refractivity contribution in [1.82, 2.24) is 9.97 Å². The molecule has 36 heavy (non-hydrogen) atoms. The van der Waals surface area contributed by atoms with E-state index in [0.717, 1.165) is 41.9 Å². The van der Waals surface area contributed by atoms with Gasteiger partial charge in [-0.05, 0) is 92.6 Å². The molecule has 4 N–H and O–H groups in total. The number of fused-ring (bicyclic) bond motifs is 1. The first-order valence-electron chi connectivity index (χ1n) is 14.0. The van der Waals surface area contributed by atoms with Crippen LogP contribution in [0.3, 0.4) is 0 Å². The number of aromatic nitrogens is 2. The van der Waals surface area contributed by atoms with Crippen molar-refractivity contribution in [3.05, 3.63) is 65.3 Å². The van der Waals surface area contributed by atoms with E-state index in [2.05, 4.69) is 48.6 Å². The Morgan fingerprint density at radius 3 is 2.64 bits per heavy atom. The van der Waals surface area contributed by atoms with E-state index >= 15 is 0 Å². The zero-order chi connectivity index (χ0) is 25.7. The molecular weight excluding hydrogens is 448 g/mol. The van der Waals surface area contributed by atoms with E-state index in [1.165, 1.54) is 31.3 Å². The van der Waals surface area contributed by atoms with Gasteiger partial charge in [-0.25, -0.2) is 4.98 Å². The number of nitrogens with one attached hydrogen (secondary N) is 1. The van der Waals surface area contributed by atoms with E-state index in [1.807, 2.05) is 19.2 Å². The second-order valence-electron chi connectivity index (χ2n) is 12.4.